The molecule has 6 nitrogen and oxygen atoms in total. The maximum atomic E-state index is 12.2. The first kappa shape index (κ1) is 20.1. The zero-order valence-electron chi connectivity index (χ0n) is 14.4. The van der Waals surface area contributed by atoms with Gasteiger partial charge in [-0.2, -0.15) is 0 Å². The number of ether oxygens (including phenoxy) is 3. The summed E-state index contributed by atoms with van der Waals surface area (Å²) in [6.45, 7) is 1.36. The Balaban J connectivity index is 1.97. The second-order valence-electron chi connectivity index (χ2n) is 5.31. The molecule has 0 unspecified atom stereocenters. The van der Waals surface area contributed by atoms with Crippen LogP contribution < -0.4 is 14.8 Å². The van der Waals surface area contributed by atoms with Gasteiger partial charge in [-0.25, -0.2) is 4.79 Å². The van der Waals surface area contributed by atoms with Crippen LogP contribution in [0.15, 0.2) is 48.5 Å². The Morgan fingerprint density at radius 3 is 2.26 bits per heavy atom. The molecule has 0 saturated carbocycles. The molecule has 0 radical (unpaired) electrons. The summed E-state index contributed by atoms with van der Waals surface area (Å²) in [4.78, 5) is 24.2. The fourth-order valence-corrected chi connectivity index (χ4v) is 2.06. The molecule has 0 aromatic heterocycles. The number of hydrogen-bond acceptors (Lipinski definition) is 5. The maximum absolute atomic E-state index is 12.2. The third kappa shape index (κ3) is 5.91. The van der Waals surface area contributed by atoms with Crippen LogP contribution in [0.3, 0.4) is 0 Å². The molecule has 0 heterocycles. The van der Waals surface area contributed by atoms with Gasteiger partial charge in [-0.05, 0) is 43.3 Å². The van der Waals surface area contributed by atoms with Crippen LogP contribution in [-0.2, 0) is 9.53 Å². The van der Waals surface area contributed by atoms with Gasteiger partial charge in [-0.3, -0.25) is 4.79 Å². The number of rotatable bonds is 6. The lowest BCUT2D eigenvalue weighted by Gasteiger charge is -2.15. The number of alkyl halides is 3. The molecule has 27 heavy (non-hydrogen) atoms. The van der Waals surface area contributed by atoms with E-state index in [2.05, 4.69) is 10.1 Å². The van der Waals surface area contributed by atoms with E-state index in [4.69, 9.17) is 9.47 Å². The topological polar surface area (TPSA) is 73.9 Å². The molecule has 1 N–H and O–H groups in total. The average Bonchev–Trinajstić information content (AvgIpc) is 2.61. The maximum Gasteiger partial charge on any atom is 0.573 e. The minimum Gasteiger partial charge on any atom is -0.495 e. The number of para-hydroxylation sites is 2. The molecule has 0 bridgehead atoms. The van der Waals surface area contributed by atoms with Crippen LogP contribution >= 0.6 is 0 Å². The summed E-state index contributed by atoms with van der Waals surface area (Å²) < 4.78 is 50.2. The number of benzene rings is 2. The summed E-state index contributed by atoms with van der Waals surface area (Å²) in [6, 6.07) is 10.8. The Labute approximate surface area is 152 Å². The number of hydrogen-bond donors (Lipinski definition) is 1. The third-order valence-corrected chi connectivity index (χ3v) is 3.34. The molecule has 0 fully saturated rings. The first-order valence-electron chi connectivity index (χ1n) is 7.70. The van der Waals surface area contributed by atoms with E-state index in [0.29, 0.717) is 11.4 Å². The SMILES string of the molecule is COc1ccccc1NC(=O)[C@@H](C)OC(=O)c1ccc(OC(F)(F)F)cc1. The molecule has 1 atom stereocenters. The molecule has 0 aliphatic carbocycles. The Bertz CT molecular complexity index is 805. The number of amides is 1. The predicted octanol–water partition coefficient (Wildman–Crippen LogP) is 3.78. The van der Waals surface area contributed by atoms with Crippen molar-refractivity contribution < 1.29 is 37.0 Å². The van der Waals surface area contributed by atoms with Gasteiger partial charge in [-0.15, -0.1) is 13.2 Å². The highest BCUT2D eigenvalue weighted by molar-refractivity contribution is 5.98. The summed E-state index contributed by atoms with van der Waals surface area (Å²) in [5.41, 5.74) is 0.378. The minimum atomic E-state index is -4.83. The molecule has 144 valence electrons. The molecule has 2 aromatic carbocycles. The van der Waals surface area contributed by atoms with Crippen molar-refractivity contribution in [2.75, 3.05) is 12.4 Å². The van der Waals surface area contributed by atoms with Crippen LogP contribution in [0.2, 0.25) is 0 Å². The third-order valence-electron chi connectivity index (χ3n) is 3.34. The van der Waals surface area contributed by atoms with Crippen LogP contribution in [-0.4, -0.2) is 31.5 Å². The Hall–Kier alpha value is -3.23. The number of methoxy groups -OCH3 is 1. The lowest BCUT2D eigenvalue weighted by molar-refractivity contribution is -0.274. The van der Waals surface area contributed by atoms with Crippen LogP contribution in [0.25, 0.3) is 0 Å². The fourth-order valence-electron chi connectivity index (χ4n) is 2.06. The summed E-state index contributed by atoms with van der Waals surface area (Å²) in [7, 11) is 1.45. The summed E-state index contributed by atoms with van der Waals surface area (Å²) in [5.74, 6) is -1.49. The lowest BCUT2D eigenvalue weighted by atomic mass is 10.2. The Morgan fingerprint density at radius 2 is 1.67 bits per heavy atom. The Kier molecular flexibility index (Phi) is 6.27. The number of anilines is 1. The van der Waals surface area contributed by atoms with Gasteiger partial charge in [0, 0.05) is 0 Å². The Morgan fingerprint density at radius 1 is 1.04 bits per heavy atom. The van der Waals surface area contributed by atoms with E-state index in [0.717, 1.165) is 24.3 Å². The molecule has 2 rings (SSSR count). The smallest absolute Gasteiger partial charge is 0.495 e. The molecule has 9 heteroatoms. The zero-order chi connectivity index (χ0) is 20.0. The van der Waals surface area contributed by atoms with Crippen LogP contribution in [0, 0.1) is 0 Å². The van der Waals surface area contributed by atoms with E-state index in [9.17, 15) is 22.8 Å². The number of esters is 1. The van der Waals surface area contributed by atoms with Gasteiger partial charge in [0.2, 0.25) is 0 Å². The van der Waals surface area contributed by atoms with Crippen molar-refractivity contribution in [1.82, 2.24) is 0 Å². The largest absolute Gasteiger partial charge is 0.573 e. The van der Waals surface area contributed by atoms with Crippen LogP contribution in [0.4, 0.5) is 18.9 Å². The zero-order valence-corrected chi connectivity index (χ0v) is 14.4. The number of carbonyl (C=O) groups excluding carboxylic acids is 2. The van der Waals surface area contributed by atoms with Gasteiger partial charge < -0.3 is 19.5 Å². The van der Waals surface area contributed by atoms with E-state index >= 15 is 0 Å². The standard InChI is InChI=1S/C18H16F3NO5/c1-11(16(23)22-14-5-3-4-6-15(14)25-2)26-17(24)12-7-9-13(10-8-12)27-18(19,20)21/h3-11H,1-2H3,(H,22,23)/t11-/m1/s1. The van der Waals surface area contributed by atoms with E-state index in [1.807, 2.05) is 0 Å². The number of halogens is 3. The van der Waals surface area contributed by atoms with Crippen LogP contribution in [0.5, 0.6) is 11.5 Å². The second-order valence-corrected chi connectivity index (χ2v) is 5.31. The summed E-state index contributed by atoms with van der Waals surface area (Å²) in [6.07, 6.45) is -5.97. The van der Waals surface area contributed by atoms with E-state index in [1.165, 1.54) is 14.0 Å². The molecule has 2 aromatic rings. The predicted molar refractivity (Wildman–Crippen MR) is 89.6 cm³/mol. The highest BCUT2D eigenvalue weighted by Gasteiger charge is 2.31. The van der Waals surface area contributed by atoms with E-state index in [1.54, 1.807) is 24.3 Å². The monoisotopic (exact) mass is 383 g/mol. The number of carbonyl (C=O) groups is 2. The second kappa shape index (κ2) is 8.43. The van der Waals surface area contributed by atoms with E-state index < -0.39 is 30.1 Å². The van der Waals surface area contributed by atoms with Crippen molar-refractivity contribution in [2.24, 2.45) is 0 Å². The van der Waals surface area contributed by atoms with Gasteiger partial charge in [0.1, 0.15) is 11.5 Å². The van der Waals surface area contributed by atoms with Crippen molar-refractivity contribution in [3.63, 3.8) is 0 Å². The molecule has 0 spiro atoms. The summed E-state index contributed by atoms with van der Waals surface area (Å²) >= 11 is 0. The van der Waals surface area contributed by atoms with Crippen molar-refractivity contribution in [1.29, 1.82) is 0 Å². The van der Waals surface area contributed by atoms with Gasteiger partial charge in [-0.1, -0.05) is 12.1 Å². The molecule has 0 aliphatic heterocycles. The molecule has 0 aliphatic rings. The van der Waals surface area contributed by atoms with Crippen molar-refractivity contribution in [3.05, 3.63) is 54.1 Å². The van der Waals surface area contributed by atoms with Gasteiger partial charge in [0.25, 0.3) is 5.91 Å². The first-order valence-corrected chi connectivity index (χ1v) is 7.70. The van der Waals surface area contributed by atoms with Crippen molar-refractivity contribution >= 4 is 17.6 Å². The highest BCUT2D eigenvalue weighted by Crippen LogP contribution is 2.24. The average molecular weight is 383 g/mol. The molecule has 0 saturated heterocycles. The van der Waals surface area contributed by atoms with Crippen molar-refractivity contribution in [3.8, 4) is 11.5 Å². The fraction of sp³-hybridized carbons (Fsp3) is 0.222. The van der Waals surface area contributed by atoms with Gasteiger partial charge >= 0.3 is 12.3 Å². The van der Waals surface area contributed by atoms with E-state index in [-0.39, 0.29) is 5.56 Å². The quantitative estimate of drug-likeness (QED) is 0.769. The molecule has 1 amide bonds. The highest BCUT2D eigenvalue weighted by atomic mass is 19.4. The van der Waals surface area contributed by atoms with Crippen molar-refractivity contribution in [2.45, 2.75) is 19.4 Å². The van der Waals surface area contributed by atoms with Crippen LogP contribution in [0.1, 0.15) is 17.3 Å². The molecular formula is C18H16F3NO5. The van der Waals surface area contributed by atoms with Gasteiger partial charge in [0.15, 0.2) is 6.10 Å². The first-order chi connectivity index (χ1) is 12.7. The normalized spacial score (nSPS) is 12.0. The van der Waals surface area contributed by atoms with Gasteiger partial charge in [0.05, 0.1) is 18.4 Å². The summed E-state index contributed by atoms with van der Waals surface area (Å²) in [5, 5.41) is 2.57. The number of nitrogens with one attached hydrogen (secondary N) is 1. The lowest BCUT2D eigenvalue weighted by Crippen LogP contribution is -2.30. The molecular weight excluding hydrogens is 367 g/mol. The minimum absolute atomic E-state index is 0.0264.